The van der Waals surface area contributed by atoms with Gasteiger partial charge in [-0.05, 0) is 23.7 Å². The van der Waals surface area contributed by atoms with E-state index in [4.69, 9.17) is 16.8 Å². The van der Waals surface area contributed by atoms with E-state index < -0.39 is 23.2 Å². The number of nitrogens with zero attached hydrogens (tertiary/aromatic N) is 4. The van der Waals surface area contributed by atoms with Gasteiger partial charge in [-0.25, -0.2) is 10.2 Å². The van der Waals surface area contributed by atoms with E-state index in [9.17, 15) is 18.1 Å². The molecule has 0 aliphatic rings. The topological polar surface area (TPSA) is 71.0 Å². The zero-order valence-electron chi connectivity index (χ0n) is 9.67. The van der Waals surface area contributed by atoms with Crippen LogP contribution in [0, 0.1) is 4.91 Å². The van der Waals surface area contributed by atoms with E-state index in [-0.39, 0.29) is 16.8 Å². The Morgan fingerprint density at radius 1 is 1.45 bits per heavy atom. The van der Waals surface area contributed by atoms with Crippen LogP contribution in [0.15, 0.2) is 24.5 Å². The average molecular weight is 308 g/mol. The summed E-state index contributed by atoms with van der Waals surface area (Å²) < 4.78 is 38.4. The standard InChI is InChI=1S/C10H7ClF3N4O2/c11-9-15-5-7(18(19)20)8(16-9)17-3-1-2-6(17)4-10(12,13)14/h1-3,5H,4H2,(H,19,20)/q+1. The van der Waals surface area contributed by atoms with Crippen LogP contribution in [-0.2, 0) is 6.42 Å². The lowest BCUT2D eigenvalue weighted by atomic mass is 10.3. The molecular formula is C10H7ClF3N4O2+. The van der Waals surface area contributed by atoms with Crippen molar-refractivity contribution < 1.29 is 23.3 Å². The van der Waals surface area contributed by atoms with Gasteiger partial charge in [0.25, 0.3) is 4.92 Å². The van der Waals surface area contributed by atoms with Gasteiger partial charge in [0.05, 0.1) is 11.3 Å². The maximum absolute atomic E-state index is 12.5. The van der Waals surface area contributed by atoms with Crippen LogP contribution in [-0.4, -0.2) is 30.8 Å². The highest BCUT2D eigenvalue weighted by atomic mass is 35.5. The first-order valence-electron chi connectivity index (χ1n) is 5.20. The molecule has 2 rings (SSSR count). The molecule has 0 spiro atoms. The molecule has 0 unspecified atom stereocenters. The van der Waals surface area contributed by atoms with Crippen LogP contribution < -0.4 is 0 Å². The number of halogens is 4. The van der Waals surface area contributed by atoms with E-state index in [1.54, 1.807) is 0 Å². The van der Waals surface area contributed by atoms with Crippen LogP contribution in [0.5, 0.6) is 0 Å². The van der Waals surface area contributed by atoms with E-state index in [2.05, 4.69) is 9.97 Å². The lowest BCUT2D eigenvalue weighted by Crippen LogP contribution is -2.16. The third kappa shape index (κ3) is 3.05. The summed E-state index contributed by atoms with van der Waals surface area (Å²) in [5.74, 6) is -0.244. The zero-order chi connectivity index (χ0) is 14.9. The Labute approximate surface area is 115 Å². The van der Waals surface area contributed by atoms with Crippen LogP contribution >= 0.6 is 11.6 Å². The number of aromatic nitrogens is 3. The molecule has 2 aromatic heterocycles. The summed E-state index contributed by atoms with van der Waals surface area (Å²) in [6.07, 6.45) is -3.46. The van der Waals surface area contributed by atoms with Crippen molar-refractivity contribution in [3.63, 3.8) is 0 Å². The van der Waals surface area contributed by atoms with Gasteiger partial charge in [-0.2, -0.15) is 18.2 Å². The van der Waals surface area contributed by atoms with Gasteiger partial charge in [0.1, 0.15) is 6.20 Å². The predicted molar refractivity (Wildman–Crippen MR) is 61.2 cm³/mol. The average Bonchev–Trinajstić information content (AvgIpc) is 2.73. The van der Waals surface area contributed by atoms with Gasteiger partial charge in [-0.1, -0.05) is 0 Å². The highest BCUT2D eigenvalue weighted by Crippen LogP contribution is 2.26. The third-order valence-corrected chi connectivity index (χ3v) is 2.55. The zero-order valence-corrected chi connectivity index (χ0v) is 10.4. The van der Waals surface area contributed by atoms with Crippen LogP contribution in [0.4, 0.5) is 18.9 Å². The monoisotopic (exact) mass is 307 g/mol. The van der Waals surface area contributed by atoms with Gasteiger partial charge in [-0.15, -0.1) is 0 Å². The molecule has 0 aliphatic carbocycles. The minimum atomic E-state index is -4.43. The Kier molecular flexibility index (Phi) is 3.62. The first-order valence-corrected chi connectivity index (χ1v) is 5.58. The minimum absolute atomic E-state index is 0.157. The molecule has 0 saturated heterocycles. The predicted octanol–water partition coefficient (Wildman–Crippen LogP) is 2.83. The van der Waals surface area contributed by atoms with Gasteiger partial charge >= 0.3 is 11.9 Å². The lowest BCUT2D eigenvalue weighted by Gasteiger charge is -2.10. The van der Waals surface area contributed by atoms with Crippen molar-refractivity contribution in [2.24, 2.45) is 0 Å². The fourth-order valence-corrected chi connectivity index (χ4v) is 1.76. The largest absolute Gasteiger partial charge is 0.394 e. The molecule has 10 heteroatoms. The van der Waals surface area contributed by atoms with Crippen molar-refractivity contribution in [3.05, 3.63) is 40.4 Å². The fourth-order valence-electron chi connectivity index (χ4n) is 1.63. The first kappa shape index (κ1) is 14.3. The lowest BCUT2D eigenvalue weighted by molar-refractivity contribution is -0.729. The maximum atomic E-state index is 12.5. The Balaban J connectivity index is 2.55. The molecular weight excluding hydrogens is 301 g/mol. The Bertz CT molecular complexity index is 656. The molecule has 6 nitrogen and oxygen atoms in total. The Hall–Kier alpha value is -2.16. The first-order chi connectivity index (χ1) is 9.28. The SMILES string of the molecule is O=[N+](O)c1cnc(Cl)nc1-n1cccc1CC(F)(F)F. The fraction of sp³-hybridized carbons (Fsp3) is 0.200. The summed E-state index contributed by atoms with van der Waals surface area (Å²) >= 11 is 5.56. The summed E-state index contributed by atoms with van der Waals surface area (Å²) in [7, 11) is 0. The Morgan fingerprint density at radius 3 is 2.75 bits per heavy atom. The molecule has 0 amide bonds. The van der Waals surface area contributed by atoms with Gasteiger partial charge in [0, 0.05) is 11.9 Å². The van der Waals surface area contributed by atoms with Crippen LogP contribution in [0.2, 0.25) is 5.28 Å². The molecule has 20 heavy (non-hydrogen) atoms. The highest BCUT2D eigenvalue weighted by molar-refractivity contribution is 6.28. The van der Waals surface area contributed by atoms with Crippen molar-refractivity contribution in [3.8, 4) is 5.82 Å². The molecule has 106 valence electrons. The van der Waals surface area contributed by atoms with E-state index in [0.717, 1.165) is 10.8 Å². The van der Waals surface area contributed by atoms with Crippen LogP contribution in [0.25, 0.3) is 5.82 Å². The maximum Gasteiger partial charge on any atom is 0.394 e. The van der Waals surface area contributed by atoms with Crippen molar-refractivity contribution in [1.29, 1.82) is 0 Å². The van der Waals surface area contributed by atoms with Gasteiger partial charge in [-0.3, -0.25) is 4.57 Å². The van der Waals surface area contributed by atoms with Crippen molar-refractivity contribution in [2.45, 2.75) is 12.6 Å². The Morgan fingerprint density at radius 2 is 2.15 bits per heavy atom. The molecule has 0 radical (unpaired) electrons. The van der Waals surface area contributed by atoms with Crippen molar-refractivity contribution >= 4 is 17.3 Å². The van der Waals surface area contributed by atoms with Crippen LogP contribution in [0.1, 0.15) is 5.69 Å². The molecule has 0 saturated carbocycles. The summed E-state index contributed by atoms with van der Waals surface area (Å²) in [6, 6.07) is 2.58. The van der Waals surface area contributed by atoms with Crippen molar-refractivity contribution in [1.82, 2.24) is 14.5 Å². The normalized spacial score (nSPS) is 11.6. The second-order valence-corrected chi connectivity index (χ2v) is 4.12. The molecule has 0 atom stereocenters. The van der Waals surface area contributed by atoms with Gasteiger partial charge < -0.3 is 0 Å². The van der Waals surface area contributed by atoms with E-state index in [0.29, 0.717) is 0 Å². The smallest absolute Gasteiger partial charge is 0.299 e. The van der Waals surface area contributed by atoms with Gasteiger partial charge in [0.2, 0.25) is 11.1 Å². The molecule has 0 bridgehead atoms. The van der Waals surface area contributed by atoms with Crippen molar-refractivity contribution in [2.75, 3.05) is 0 Å². The van der Waals surface area contributed by atoms with E-state index in [1.165, 1.54) is 18.3 Å². The molecule has 2 aromatic rings. The molecule has 0 aromatic carbocycles. The third-order valence-electron chi connectivity index (χ3n) is 2.37. The van der Waals surface area contributed by atoms with E-state index in [1.807, 2.05) is 0 Å². The summed E-state index contributed by atoms with van der Waals surface area (Å²) in [5.41, 5.74) is -0.579. The minimum Gasteiger partial charge on any atom is -0.299 e. The summed E-state index contributed by atoms with van der Waals surface area (Å²) in [6.45, 7) is 0. The quantitative estimate of drug-likeness (QED) is 0.699. The second kappa shape index (κ2) is 5.08. The molecule has 0 aliphatic heterocycles. The summed E-state index contributed by atoms with van der Waals surface area (Å²) in [5, 5.41) is 8.67. The number of rotatable bonds is 3. The van der Waals surface area contributed by atoms with Gasteiger partial charge in [0.15, 0.2) is 0 Å². The molecule has 2 heterocycles. The second-order valence-electron chi connectivity index (χ2n) is 3.78. The number of hydrogen-bond acceptors (Lipinski definition) is 3. The molecule has 1 N–H and O–H groups in total. The number of hydrogen-bond donors (Lipinski definition) is 1. The number of alkyl halides is 3. The summed E-state index contributed by atoms with van der Waals surface area (Å²) in [4.78, 5) is 17.6. The van der Waals surface area contributed by atoms with Crippen LogP contribution in [0.3, 0.4) is 0 Å². The van der Waals surface area contributed by atoms with E-state index >= 15 is 0 Å². The molecule has 0 fully saturated rings. The highest BCUT2D eigenvalue weighted by Gasteiger charge is 2.31.